The summed E-state index contributed by atoms with van der Waals surface area (Å²) in [6, 6.07) is 9.77. The molecule has 0 aliphatic carbocycles. The highest BCUT2D eigenvalue weighted by Gasteiger charge is 2.35. The standard InChI is InChI=1S/C21H21N5O3S/c27-16-6-7-17(28)26(16)12-15-24-18-19(22-13-23-20(18)30-15)25-10-8-21(29,9-11-25)14-4-2-1-3-5-14/h1-5,13,29H,6-12H2. The van der Waals surface area contributed by atoms with Gasteiger partial charge in [-0.2, -0.15) is 0 Å². The van der Waals surface area contributed by atoms with Gasteiger partial charge in [-0.1, -0.05) is 41.7 Å². The second-order valence-corrected chi connectivity index (χ2v) is 8.78. The fraction of sp³-hybridized carbons (Fsp3) is 0.381. The maximum absolute atomic E-state index is 11.9. The lowest BCUT2D eigenvalue weighted by molar-refractivity contribution is -0.139. The number of imide groups is 1. The van der Waals surface area contributed by atoms with Gasteiger partial charge in [-0.3, -0.25) is 14.5 Å². The van der Waals surface area contributed by atoms with Crippen molar-refractivity contribution < 1.29 is 14.7 Å². The number of aliphatic hydroxyl groups is 1. The summed E-state index contributed by atoms with van der Waals surface area (Å²) < 4.78 is 0. The van der Waals surface area contributed by atoms with E-state index < -0.39 is 5.60 Å². The van der Waals surface area contributed by atoms with E-state index in [-0.39, 0.29) is 31.2 Å². The Kier molecular flexibility index (Phi) is 4.71. The average Bonchev–Trinajstić information content (AvgIpc) is 3.33. The van der Waals surface area contributed by atoms with Crippen LogP contribution in [0.4, 0.5) is 5.82 Å². The van der Waals surface area contributed by atoms with Gasteiger partial charge in [-0.05, 0) is 18.4 Å². The van der Waals surface area contributed by atoms with E-state index in [1.807, 2.05) is 30.3 Å². The van der Waals surface area contributed by atoms with Crippen LogP contribution in [-0.2, 0) is 21.7 Å². The van der Waals surface area contributed by atoms with Gasteiger partial charge < -0.3 is 10.0 Å². The average molecular weight is 423 g/mol. The Hall–Kier alpha value is -2.91. The zero-order valence-corrected chi connectivity index (χ0v) is 17.1. The number of piperidine rings is 1. The highest BCUT2D eigenvalue weighted by molar-refractivity contribution is 7.18. The van der Waals surface area contributed by atoms with E-state index in [4.69, 9.17) is 0 Å². The van der Waals surface area contributed by atoms with E-state index in [1.54, 1.807) is 0 Å². The molecule has 4 heterocycles. The lowest BCUT2D eigenvalue weighted by Crippen LogP contribution is -2.43. The summed E-state index contributed by atoms with van der Waals surface area (Å²) in [6.45, 7) is 1.48. The van der Waals surface area contributed by atoms with Gasteiger partial charge >= 0.3 is 0 Å². The predicted octanol–water partition coefficient (Wildman–Crippen LogP) is 2.22. The van der Waals surface area contributed by atoms with Gasteiger partial charge in [0.2, 0.25) is 11.8 Å². The van der Waals surface area contributed by atoms with Gasteiger partial charge in [0, 0.05) is 25.9 Å². The van der Waals surface area contributed by atoms with Gasteiger partial charge in [0.1, 0.15) is 21.7 Å². The van der Waals surface area contributed by atoms with Crippen molar-refractivity contribution in [3.8, 4) is 0 Å². The molecule has 9 heteroatoms. The summed E-state index contributed by atoms with van der Waals surface area (Å²) in [5.74, 6) is 0.431. The second-order valence-electron chi connectivity index (χ2n) is 7.72. The molecule has 30 heavy (non-hydrogen) atoms. The number of nitrogens with zero attached hydrogens (tertiary/aromatic N) is 5. The first-order valence-corrected chi connectivity index (χ1v) is 10.8. The highest BCUT2D eigenvalue weighted by Crippen LogP contribution is 2.36. The van der Waals surface area contributed by atoms with Crippen LogP contribution in [0.3, 0.4) is 0 Å². The number of hydrogen-bond donors (Lipinski definition) is 1. The summed E-state index contributed by atoms with van der Waals surface area (Å²) >= 11 is 1.38. The number of anilines is 1. The van der Waals surface area contributed by atoms with Gasteiger partial charge in [-0.25, -0.2) is 15.0 Å². The highest BCUT2D eigenvalue weighted by atomic mass is 32.1. The monoisotopic (exact) mass is 423 g/mol. The zero-order chi connectivity index (χ0) is 20.7. The Morgan fingerprint density at radius 3 is 2.43 bits per heavy atom. The fourth-order valence-corrected chi connectivity index (χ4v) is 5.03. The molecule has 0 unspecified atom stereocenters. The Morgan fingerprint density at radius 1 is 1.03 bits per heavy atom. The predicted molar refractivity (Wildman–Crippen MR) is 112 cm³/mol. The normalized spacial score (nSPS) is 19.1. The number of fused-ring (bicyclic) bond motifs is 1. The second kappa shape index (κ2) is 7.41. The van der Waals surface area contributed by atoms with E-state index in [2.05, 4.69) is 19.9 Å². The quantitative estimate of drug-likeness (QED) is 0.642. The number of hydrogen-bond acceptors (Lipinski definition) is 8. The van der Waals surface area contributed by atoms with Crippen LogP contribution in [0.5, 0.6) is 0 Å². The molecule has 1 aromatic carbocycles. The van der Waals surface area contributed by atoms with Crippen molar-refractivity contribution in [1.29, 1.82) is 0 Å². The van der Waals surface area contributed by atoms with Crippen molar-refractivity contribution in [3.63, 3.8) is 0 Å². The smallest absolute Gasteiger partial charge is 0.230 e. The third kappa shape index (κ3) is 3.33. The number of aromatic nitrogens is 3. The van der Waals surface area contributed by atoms with Crippen molar-refractivity contribution in [2.45, 2.75) is 37.8 Å². The van der Waals surface area contributed by atoms with Crippen LogP contribution >= 0.6 is 11.3 Å². The zero-order valence-electron chi connectivity index (χ0n) is 16.3. The van der Waals surface area contributed by atoms with Crippen molar-refractivity contribution >= 4 is 39.3 Å². The Morgan fingerprint density at radius 2 is 1.73 bits per heavy atom. The fourth-order valence-electron chi connectivity index (χ4n) is 4.14. The molecule has 1 N–H and O–H groups in total. The van der Waals surface area contributed by atoms with Crippen LogP contribution in [0.1, 0.15) is 36.3 Å². The minimum absolute atomic E-state index is 0.151. The molecular formula is C21H21N5O3S. The molecule has 0 saturated carbocycles. The van der Waals surface area contributed by atoms with E-state index in [0.29, 0.717) is 36.5 Å². The maximum Gasteiger partial charge on any atom is 0.230 e. The molecule has 8 nitrogen and oxygen atoms in total. The summed E-state index contributed by atoms with van der Waals surface area (Å²) in [5, 5.41) is 11.8. The molecule has 3 aromatic rings. The molecule has 154 valence electrons. The third-order valence-electron chi connectivity index (χ3n) is 5.87. The number of likely N-dealkylation sites (tertiary alicyclic amines) is 1. The maximum atomic E-state index is 11.9. The van der Waals surface area contributed by atoms with Crippen molar-refractivity contribution in [1.82, 2.24) is 19.9 Å². The van der Waals surface area contributed by atoms with Crippen molar-refractivity contribution in [2.24, 2.45) is 0 Å². The molecular weight excluding hydrogens is 402 g/mol. The first-order valence-electron chi connectivity index (χ1n) is 10.00. The minimum atomic E-state index is -0.840. The molecule has 2 amide bonds. The van der Waals surface area contributed by atoms with Gasteiger partial charge in [-0.15, -0.1) is 0 Å². The number of rotatable bonds is 4. The Labute approximate surface area is 177 Å². The van der Waals surface area contributed by atoms with Crippen LogP contribution in [0, 0.1) is 0 Å². The first-order chi connectivity index (χ1) is 14.5. The number of amides is 2. The molecule has 2 aliphatic rings. The van der Waals surface area contributed by atoms with Crippen molar-refractivity contribution in [3.05, 3.63) is 47.2 Å². The molecule has 0 spiro atoms. The lowest BCUT2D eigenvalue weighted by Gasteiger charge is -2.39. The number of carbonyl (C=O) groups is 2. The summed E-state index contributed by atoms with van der Waals surface area (Å²) in [7, 11) is 0. The molecule has 0 atom stereocenters. The Bertz CT molecular complexity index is 1090. The van der Waals surface area contributed by atoms with Gasteiger partial charge in [0.05, 0.1) is 12.1 Å². The Balaban J connectivity index is 1.37. The van der Waals surface area contributed by atoms with E-state index in [1.165, 1.54) is 22.6 Å². The van der Waals surface area contributed by atoms with Crippen LogP contribution in [0.2, 0.25) is 0 Å². The number of carbonyl (C=O) groups excluding carboxylic acids is 2. The van der Waals surface area contributed by atoms with Crippen LogP contribution in [-0.4, -0.2) is 49.9 Å². The van der Waals surface area contributed by atoms with E-state index in [0.717, 1.165) is 16.2 Å². The first kappa shape index (κ1) is 19.1. The summed E-state index contributed by atoms with van der Waals surface area (Å²) in [4.78, 5) is 41.4. The molecule has 5 rings (SSSR count). The van der Waals surface area contributed by atoms with E-state index in [9.17, 15) is 14.7 Å². The summed E-state index contributed by atoms with van der Waals surface area (Å²) in [6.07, 6.45) is 3.25. The van der Waals surface area contributed by atoms with Crippen LogP contribution in [0.25, 0.3) is 10.3 Å². The van der Waals surface area contributed by atoms with Gasteiger partial charge in [0.15, 0.2) is 5.82 Å². The minimum Gasteiger partial charge on any atom is -0.385 e. The molecule has 2 aliphatic heterocycles. The van der Waals surface area contributed by atoms with Crippen LogP contribution in [0.15, 0.2) is 36.7 Å². The molecule has 2 aromatic heterocycles. The van der Waals surface area contributed by atoms with Crippen molar-refractivity contribution in [2.75, 3.05) is 18.0 Å². The lowest BCUT2D eigenvalue weighted by atomic mass is 9.84. The molecule has 2 saturated heterocycles. The summed E-state index contributed by atoms with van der Waals surface area (Å²) in [5.41, 5.74) is 0.781. The number of benzene rings is 1. The third-order valence-corrected chi connectivity index (χ3v) is 6.82. The van der Waals surface area contributed by atoms with Crippen LogP contribution < -0.4 is 4.90 Å². The molecule has 0 radical (unpaired) electrons. The largest absolute Gasteiger partial charge is 0.385 e. The SMILES string of the molecule is O=C1CCC(=O)N1Cc1nc2c(N3CCC(O)(c4ccccc4)CC3)ncnc2s1. The van der Waals surface area contributed by atoms with E-state index >= 15 is 0 Å². The molecule has 0 bridgehead atoms. The molecule has 2 fully saturated rings. The topological polar surface area (TPSA) is 99.5 Å². The number of thiazole rings is 1. The van der Waals surface area contributed by atoms with Gasteiger partial charge in [0.25, 0.3) is 0 Å².